The molecule has 0 saturated carbocycles. The smallest absolute Gasteiger partial charge is 0.163 e. The summed E-state index contributed by atoms with van der Waals surface area (Å²) in [5, 5.41) is 6.77. The van der Waals surface area contributed by atoms with E-state index in [4.69, 9.17) is 9.72 Å². The van der Waals surface area contributed by atoms with Crippen LogP contribution in [0.25, 0.3) is 11.4 Å². The maximum absolute atomic E-state index is 5.72. The van der Waals surface area contributed by atoms with E-state index in [1.807, 2.05) is 67.6 Å². The van der Waals surface area contributed by atoms with Crippen LogP contribution in [0.1, 0.15) is 6.92 Å². The number of likely N-dealkylation sites (N-methyl/N-ethyl adjacent to an activating group) is 1. The first kappa shape index (κ1) is 19.6. The van der Waals surface area contributed by atoms with Gasteiger partial charge in [0.1, 0.15) is 17.4 Å². The molecule has 6 heteroatoms. The summed E-state index contributed by atoms with van der Waals surface area (Å²) in [6.45, 7) is 4.30. The van der Waals surface area contributed by atoms with E-state index < -0.39 is 0 Å². The van der Waals surface area contributed by atoms with Crippen molar-refractivity contribution >= 4 is 17.3 Å². The highest BCUT2D eigenvalue weighted by Gasteiger charge is 2.09. The van der Waals surface area contributed by atoms with Gasteiger partial charge in [-0.2, -0.15) is 0 Å². The fraction of sp³-hybridized carbons (Fsp3) is 0.273. The van der Waals surface area contributed by atoms with Crippen molar-refractivity contribution in [2.24, 2.45) is 0 Å². The van der Waals surface area contributed by atoms with Gasteiger partial charge in [0.2, 0.25) is 0 Å². The summed E-state index contributed by atoms with van der Waals surface area (Å²) in [4.78, 5) is 11.5. The van der Waals surface area contributed by atoms with Crippen molar-refractivity contribution in [2.75, 3.05) is 44.4 Å². The zero-order valence-corrected chi connectivity index (χ0v) is 16.6. The summed E-state index contributed by atoms with van der Waals surface area (Å²) in [5.41, 5.74) is 1.85. The van der Waals surface area contributed by atoms with Crippen molar-refractivity contribution in [3.63, 3.8) is 0 Å². The van der Waals surface area contributed by atoms with Gasteiger partial charge in [-0.3, -0.25) is 0 Å². The van der Waals surface area contributed by atoms with Gasteiger partial charge in [-0.05, 0) is 33.2 Å². The molecule has 6 nitrogen and oxygen atoms in total. The summed E-state index contributed by atoms with van der Waals surface area (Å²) >= 11 is 0. The Morgan fingerprint density at radius 3 is 2.39 bits per heavy atom. The van der Waals surface area contributed by atoms with Crippen LogP contribution >= 0.6 is 0 Å². The predicted octanol–water partition coefficient (Wildman–Crippen LogP) is 4.26. The molecule has 0 fully saturated rings. The molecule has 0 saturated heterocycles. The van der Waals surface area contributed by atoms with Crippen LogP contribution < -0.4 is 15.4 Å². The Morgan fingerprint density at radius 2 is 1.64 bits per heavy atom. The number of ether oxygens (including phenoxy) is 1. The van der Waals surface area contributed by atoms with E-state index in [0.29, 0.717) is 18.2 Å². The van der Waals surface area contributed by atoms with Gasteiger partial charge in [-0.15, -0.1) is 0 Å². The van der Waals surface area contributed by atoms with E-state index in [0.717, 1.165) is 35.9 Å². The first-order valence-electron chi connectivity index (χ1n) is 9.47. The molecule has 146 valence electrons. The second-order valence-electron chi connectivity index (χ2n) is 6.61. The highest BCUT2D eigenvalue weighted by Crippen LogP contribution is 2.28. The van der Waals surface area contributed by atoms with E-state index >= 15 is 0 Å². The third-order valence-corrected chi connectivity index (χ3v) is 4.07. The SMILES string of the molecule is CCOc1ccccc1Nc1cc(NCCN(C)C)nc(-c2ccccc2)n1. The highest BCUT2D eigenvalue weighted by atomic mass is 16.5. The molecule has 2 aromatic carbocycles. The number of anilines is 3. The minimum Gasteiger partial charge on any atom is -0.492 e. The average Bonchev–Trinajstić information content (AvgIpc) is 2.70. The lowest BCUT2D eigenvalue weighted by Gasteiger charge is -2.15. The number of hydrogen-bond acceptors (Lipinski definition) is 6. The largest absolute Gasteiger partial charge is 0.492 e. The molecule has 0 atom stereocenters. The van der Waals surface area contributed by atoms with Gasteiger partial charge in [-0.25, -0.2) is 9.97 Å². The van der Waals surface area contributed by atoms with E-state index in [1.54, 1.807) is 0 Å². The van der Waals surface area contributed by atoms with Crippen molar-refractivity contribution in [3.05, 3.63) is 60.7 Å². The number of para-hydroxylation sites is 2. The molecule has 3 rings (SSSR count). The van der Waals surface area contributed by atoms with Crippen molar-refractivity contribution < 1.29 is 4.74 Å². The molecule has 28 heavy (non-hydrogen) atoms. The van der Waals surface area contributed by atoms with Crippen molar-refractivity contribution in [3.8, 4) is 17.1 Å². The molecule has 0 aliphatic rings. The molecule has 0 radical (unpaired) electrons. The standard InChI is InChI=1S/C22H27N5O/c1-4-28-19-13-9-8-12-18(19)24-21-16-20(23-14-15-27(2)3)25-22(26-21)17-10-6-5-7-11-17/h5-13,16H,4,14-15H2,1-3H3,(H2,23,24,25,26). The molecule has 2 N–H and O–H groups in total. The third-order valence-electron chi connectivity index (χ3n) is 4.07. The van der Waals surface area contributed by atoms with Gasteiger partial charge in [0.05, 0.1) is 12.3 Å². The van der Waals surface area contributed by atoms with Crippen LogP contribution in [0.5, 0.6) is 5.75 Å². The Labute approximate surface area is 166 Å². The lowest BCUT2D eigenvalue weighted by atomic mass is 10.2. The number of nitrogens with zero attached hydrogens (tertiary/aromatic N) is 3. The van der Waals surface area contributed by atoms with Crippen molar-refractivity contribution in [1.82, 2.24) is 14.9 Å². The molecular formula is C22H27N5O. The quantitative estimate of drug-likeness (QED) is 0.581. The minimum absolute atomic E-state index is 0.606. The number of hydrogen-bond donors (Lipinski definition) is 2. The summed E-state index contributed by atoms with van der Waals surface area (Å²) in [5.74, 6) is 2.97. The van der Waals surface area contributed by atoms with Gasteiger partial charge in [0.15, 0.2) is 5.82 Å². The van der Waals surface area contributed by atoms with Crippen LogP contribution in [0.4, 0.5) is 17.3 Å². The maximum atomic E-state index is 5.72. The van der Waals surface area contributed by atoms with Crippen LogP contribution in [0, 0.1) is 0 Å². The third kappa shape index (κ3) is 5.44. The molecule has 0 bridgehead atoms. The van der Waals surface area contributed by atoms with E-state index in [9.17, 15) is 0 Å². The first-order chi connectivity index (χ1) is 13.7. The number of benzene rings is 2. The highest BCUT2D eigenvalue weighted by molar-refractivity contribution is 5.68. The molecule has 0 unspecified atom stereocenters. The fourth-order valence-electron chi connectivity index (χ4n) is 2.71. The van der Waals surface area contributed by atoms with Crippen LogP contribution in [0.2, 0.25) is 0 Å². The van der Waals surface area contributed by atoms with Gasteiger partial charge in [0, 0.05) is 24.7 Å². The molecule has 0 spiro atoms. The molecule has 0 amide bonds. The number of aromatic nitrogens is 2. The van der Waals surface area contributed by atoms with Gasteiger partial charge in [0.25, 0.3) is 0 Å². The Kier molecular flexibility index (Phi) is 6.81. The van der Waals surface area contributed by atoms with Crippen LogP contribution in [0.3, 0.4) is 0 Å². The summed E-state index contributed by atoms with van der Waals surface area (Å²) in [6, 6.07) is 19.8. The molecule has 1 aromatic heterocycles. The monoisotopic (exact) mass is 377 g/mol. The van der Waals surface area contributed by atoms with E-state index in [2.05, 4.69) is 34.6 Å². The molecule has 1 heterocycles. The lowest BCUT2D eigenvalue weighted by Crippen LogP contribution is -2.21. The molecule has 3 aromatic rings. The summed E-state index contributed by atoms with van der Waals surface area (Å²) in [7, 11) is 4.10. The Bertz CT molecular complexity index is 883. The van der Waals surface area contributed by atoms with Gasteiger partial charge in [-0.1, -0.05) is 42.5 Å². The average molecular weight is 377 g/mol. The molecular weight excluding hydrogens is 350 g/mol. The zero-order valence-electron chi connectivity index (χ0n) is 16.6. The van der Waals surface area contributed by atoms with Crippen LogP contribution in [-0.4, -0.2) is 48.7 Å². The van der Waals surface area contributed by atoms with E-state index in [1.165, 1.54) is 0 Å². The van der Waals surface area contributed by atoms with Crippen molar-refractivity contribution in [1.29, 1.82) is 0 Å². The van der Waals surface area contributed by atoms with Crippen LogP contribution in [-0.2, 0) is 0 Å². The Morgan fingerprint density at radius 1 is 0.929 bits per heavy atom. The second kappa shape index (κ2) is 9.71. The van der Waals surface area contributed by atoms with Crippen molar-refractivity contribution in [2.45, 2.75) is 6.92 Å². The van der Waals surface area contributed by atoms with Gasteiger partial charge < -0.3 is 20.3 Å². The lowest BCUT2D eigenvalue weighted by molar-refractivity contribution is 0.342. The molecule has 0 aliphatic carbocycles. The van der Waals surface area contributed by atoms with E-state index in [-0.39, 0.29) is 0 Å². The zero-order chi connectivity index (χ0) is 19.8. The normalized spacial score (nSPS) is 10.7. The summed E-state index contributed by atoms with van der Waals surface area (Å²) in [6.07, 6.45) is 0. The number of rotatable bonds is 9. The Balaban J connectivity index is 1.91. The minimum atomic E-state index is 0.606. The van der Waals surface area contributed by atoms with Crippen LogP contribution in [0.15, 0.2) is 60.7 Å². The fourth-order valence-corrected chi connectivity index (χ4v) is 2.71. The molecule has 0 aliphatic heterocycles. The number of nitrogens with one attached hydrogen (secondary N) is 2. The predicted molar refractivity (Wildman–Crippen MR) is 115 cm³/mol. The summed E-state index contributed by atoms with van der Waals surface area (Å²) < 4.78 is 5.72. The Hall–Kier alpha value is -3.12. The first-order valence-corrected chi connectivity index (χ1v) is 9.47. The second-order valence-corrected chi connectivity index (χ2v) is 6.61. The topological polar surface area (TPSA) is 62.3 Å². The maximum Gasteiger partial charge on any atom is 0.163 e. The van der Waals surface area contributed by atoms with Gasteiger partial charge >= 0.3 is 0 Å².